The third-order valence-electron chi connectivity index (χ3n) is 1.36. The minimum atomic E-state index is -0.347. The Morgan fingerprint density at radius 2 is 2.22 bits per heavy atom. The van der Waals surface area contributed by atoms with Crippen molar-refractivity contribution in [3.63, 3.8) is 0 Å². The van der Waals surface area contributed by atoms with Gasteiger partial charge in [-0.05, 0) is 19.8 Å². The maximum atomic E-state index is 10.2. The van der Waals surface area contributed by atoms with Gasteiger partial charge < -0.3 is 9.90 Å². The van der Waals surface area contributed by atoms with Crippen LogP contribution in [-0.2, 0) is 4.79 Å². The van der Waals surface area contributed by atoms with Crippen LogP contribution in [0.1, 0.15) is 26.7 Å². The van der Waals surface area contributed by atoms with Gasteiger partial charge in [0.05, 0.1) is 6.10 Å². The summed E-state index contributed by atoms with van der Waals surface area (Å²) in [4.78, 5) is 10.2. The summed E-state index contributed by atoms with van der Waals surface area (Å²) in [7, 11) is 0. The van der Waals surface area contributed by atoms with Crippen molar-refractivity contribution in [2.45, 2.75) is 32.8 Å². The molecule has 0 aromatic carbocycles. The lowest BCUT2D eigenvalue weighted by Gasteiger charge is -2.07. The van der Waals surface area contributed by atoms with Crippen LogP contribution in [-0.4, -0.2) is 17.5 Å². The fraction of sp³-hybridized carbons (Fsp3) is 0.857. The third kappa shape index (κ3) is 4.15. The zero-order chi connectivity index (χ0) is 7.28. The molecule has 0 amide bonds. The maximum Gasteiger partial charge on any atom is 0.123 e. The van der Waals surface area contributed by atoms with Gasteiger partial charge in [0, 0.05) is 5.92 Å². The number of carbonyl (C=O) groups excluding carboxylic acids is 1. The van der Waals surface area contributed by atoms with Gasteiger partial charge in [0.25, 0.3) is 0 Å². The lowest BCUT2D eigenvalue weighted by atomic mass is 10.0. The first kappa shape index (κ1) is 8.63. The Morgan fingerprint density at radius 3 is 2.33 bits per heavy atom. The molecule has 2 unspecified atom stereocenters. The zero-order valence-electron chi connectivity index (χ0n) is 6.00. The van der Waals surface area contributed by atoms with Crippen molar-refractivity contribution >= 4 is 6.29 Å². The smallest absolute Gasteiger partial charge is 0.123 e. The predicted molar refractivity (Wildman–Crippen MR) is 36.1 cm³/mol. The van der Waals surface area contributed by atoms with E-state index in [1.165, 1.54) is 0 Å². The molecule has 0 aromatic heterocycles. The first-order chi connectivity index (χ1) is 4.20. The molecule has 0 aliphatic rings. The highest BCUT2D eigenvalue weighted by Crippen LogP contribution is 2.06. The summed E-state index contributed by atoms with van der Waals surface area (Å²) in [5.41, 5.74) is 0. The number of hydrogen-bond donors (Lipinski definition) is 1. The normalized spacial score (nSPS) is 16.8. The molecule has 0 aliphatic carbocycles. The van der Waals surface area contributed by atoms with Gasteiger partial charge in [-0.1, -0.05) is 6.92 Å². The molecular formula is C7H14O2. The second-order valence-corrected chi connectivity index (χ2v) is 2.39. The van der Waals surface area contributed by atoms with Gasteiger partial charge in [0.1, 0.15) is 6.29 Å². The summed E-state index contributed by atoms with van der Waals surface area (Å²) in [5, 5.41) is 8.83. The van der Waals surface area contributed by atoms with Crippen LogP contribution in [0.25, 0.3) is 0 Å². The Morgan fingerprint density at radius 1 is 1.67 bits per heavy atom. The van der Waals surface area contributed by atoms with E-state index in [0.717, 1.165) is 12.7 Å². The van der Waals surface area contributed by atoms with Gasteiger partial charge >= 0.3 is 0 Å². The molecule has 0 spiro atoms. The summed E-state index contributed by atoms with van der Waals surface area (Å²) in [6.07, 6.45) is 1.99. The van der Waals surface area contributed by atoms with Crippen LogP contribution >= 0.6 is 0 Å². The second kappa shape index (κ2) is 4.50. The Labute approximate surface area is 55.9 Å². The minimum Gasteiger partial charge on any atom is -0.393 e. The van der Waals surface area contributed by atoms with Gasteiger partial charge in [-0.15, -0.1) is 0 Å². The SMILES string of the molecule is CCC(C=O)CC(C)O. The summed E-state index contributed by atoms with van der Waals surface area (Å²) in [6, 6.07) is 0. The van der Waals surface area contributed by atoms with Crippen LogP contribution in [0.5, 0.6) is 0 Å². The highest BCUT2D eigenvalue weighted by atomic mass is 16.3. The van der Waals surface area contributed by atoms with Crippen LogP contribution in [0, 0.1) is 5.92 Å². The maximum absolute atomic E-state index is 10.2. The standard InChI is InChI=1S/C7H14O2/c1-3-7(5-8)4-6(2)9/h5-7,9H,3-4H2,1-2H3. The topological polar surface area (TPSA) is 37.3 Å². The number of aliphatic hydroxyl groups excluding tert-OH is 1. The Kier molecular flexibility index (Phi) is 4.32. The van der Waals surface area contributed by atoms with Crippen LogP contribution in [0.3, 0.4) is 0 Å². The first-order valence-corrected chi connectivity index (χ1v) is 3.34. The largest absolute Gasteiger partial charge is 0.393 e. The van der Waals surface area contributed by atoms with Crippen molar-refractivity contribution in [2.24, 2.45) is 5.92 Å². The van der Waals surface area contributed by atoms with E-state index in [0.29, 0.717) is 6.42 Å². The minimum absolute atomic E-state index is 0.0463. The highest BCUT2D eigenvalue weighted by molar-refractivity contribution is 5.53. The van der Waals surface area contributed by atoms with E-state index in [9.17, 15) is 4.79 Å². The molecular weight excluding hydrogens is 116 g/mol. The molecule has 0 bridgehead atoms. The van der Waals surface area contributed by atoms with Crippen molar-refractivity contribution in [3.8, 4) is 0 Å². The van der Waals surface area contributed by atoms with Crippen molar-refractivity contribution in [1.82, 2.24) is 0 Å². The van der Waals surface area contributed by atoms with E-state index in [4.69, 9.17) is 5.11 Å². The Bertz CT molecular complexity index is 79.0. The third-order valence-corrected chi connectivity index (χ3v) is 1.36. The van der Waals surface area contributed by atoms with Crippen molar-refractivity contribution in [3.05, 3.63) is 0 Å². The zero-order valence-corrected chi connectivity index (χ0v) is 6.00. The van der Waals surface area contributed by atoms with Gasteiger partial charge in [-0.25, -0.2) is 0 Å². The van der Waals surface area contributed by atoms with Crippen LogP contribution in [0.2, 0.25) is 0 Å². The number of hydrogen-bond acceptors (Lipinski definition) is 2. The Balaban J connectivity index is 3.42. The molecule has 2 atom stereocenters. The van der Waals surface area contributed by atoms with E-state index in [1.54, 1.807) is 6.92 Å². The molecule has 0 radical (unpaired) electrons. The van der Waals surface area contributed by atoms with Gasteiger partial charge in [0.15, 0.2) is 0 Å². The van der Waals surface area contributed by atoms with Gasteiger partial charge in [-0.2, -0.15) is 0 Å². The lowest BCUT2D eigenvalue weighted by Crippen LogP contribution is -2.09. The molecule has 0 aliphatic heterocycles. The lowest BCUT2D eigenvalue weighted by molar-refractivity contribution is -0.112. The van der Waals surface area contributed by atoms with Crippen molar-refractivity contribution < 1.29 is 9.90 Å². The molecule has 54 valence electrons. The van der Waals surface area contributed by atoms with Crippen molar-refractivity contribution in [2.75, 3.05) is 0 Å². The van der Waals surface area contributed by atoms with Gasteiger partial charge in [-0.3, -0.25) is 0 Å². The monoisotopic (exact) mass is 130 g/mol. The molecule has 1 N–H and O–H groups in total. The molecule has 0 rings (SSSR count). The first-order valence-electron chi connectivity index (χ1n) is 3.34. The number of aldehydes is 1. The molecule has 9 heavy (non-hydrogen) atoms. The van der Waals surface area contributed by atoms with E-state index >= 15 is 0 Å². The van der Waals surface area contributed by atoms with Crippen LogP contribution < -0.4 is 0 Å². The fourth-order valence-electron chi connectivity index (χ4n) is 0.757. The number of aliphatic hydroxyl groups is 1. The number of carbonyl (C=O) groups is 1. The summed E-state index contributed by atoms with van der Waals surface area (Å²) in [6.45, 7) is 3.65. The molecule has 0 saturated heterocycles. The number of rotatable bonds is 4. The molecule has 0 heterocycles. The van der Waals surface area contributed by atoms with E-state index < -0.39 is 0 Å². The van der Waals surface area contributed by atoms with E-state index in [2.05, 4.69) is 0 Å². The highest BCUT2D eigenvalue weighted by Gasteiger charge is 2.06. The quantitative estimate of drug-likeness (QED) is 0.576. The average molecular weight is 130 g/mol. The molecule has 2 nitrogen and oxygen atoms in total. The van der Waals surface area contributed by atoms with Gasteiger partial charge in [0.2, 0.25) is 0 Å². The van der Waals surface area contributed by atoms with Crippen molar-refractivity contribution in [1.29, 1.82) is 0 Å². The molecule has 0 aromatic rings. The Hall–Kier alpha value is -0.370. The van der Waals surface area contributed by atoms with Crippen LogP contribution in [0.4, 0.5) is 0 Å². The van der Waals surface area contributed by atoms with E-state index in [-0.39, 0.29) is 12.0 Å². The summed E-state index contributed by atoms with van der Waals surface area (Å²) in [5.74, 6) is 0.0463. The molecule has 0 fully saturated rings. The average Bonchev–Trinajstić information content (AvgIpc) is 1.82. The van der Waals surface area contributed by atoms with Crippen LogP contribution in [0.15, 0.2) is 0 Å². The second-order valence-electron chi connectivity index (χ2n) is 2.39. The predicted octanol–water partition coefficient (Wildman–Crippen LogP) is 0.982. The summed E-state index contributed by atoms with van der Waals surface area (Å²) < 4.78 is 0. The van der Waals surface area contributed by atoms with E-state index in [1.807, 2.05) is 6.92 Å². The molecule has 0 saturated carbocycles. The molecule has 2 heteroatoms. The summed E-state index contributed by atoms with van der Waals surface area (Å²) >= 11 is 0. The fourth-order valence-corrected chi connectivity index (χ4v) is 0.757.